The van der Waals surface area contributed by atoms with E-state index in [-0.39, 0.29) is 18.7 Å². The number of esters is 1. The van der Waals surface area contributed by atoms with Crippen LogP contribution in [0.5, 0.6) is 0 Å². The number of nitrogens with two attached hydrogens (primary N) is 1. The third-order valence-corrected chi connectivity index (χ3v) is 3.16. The van der Waals surface area contributed by atoms with Gasteiger partial charge in [0.15, 0.2) is 0 Å². The number of para-hydroxylation sites is 1. The van der Waals surface area contributed by atoms with Crippen LogP contribution < -0.4 is 5.73 Å². The Balaban J connectivity index is 1.95. The molecule has 0 aliphatic carbocycles. The predicted octanol–water partition coefficient (Wildman–Crippen LogP) is 1.98. The van der Waals surface area contributed by atoms with Crippen LogP contribution in [0.15, 0.2) is 48.5 Å². The maximum absolute atomic E-state index is 11.8. The number of hydrogen-bond acceptors (Lipinski definition) is 5. The summed E-state index contributed by atoms with van der Waals surface area (Å²) in [6.45, 7) is 0.0124. The van der Waals surface area contributed by atoms with Crippen LogP contribution >= 0.6 is 0 Å². The Kier molecular flexibility index (Phi) is 5.03. The van der Waals surface area contributed by atoms with Gasteiger partial charge in [0.05, 0.1) is 11.3 Å². The van der Waals surface area contributed by atoms with E-state index in [1.54, 1.807) is 18.2 Å². The summed E-state index contributed by atoms with van der Waals surface area (Å²) in [5, 5.41) is 10.9. The van der Waals surface area contributed by atoms with Gasteiger partial charge in [0.25, 0.3) is 5.69 Å². The first kappa shape index (κ1) is 16.2. The Morgan fingerprint density at radius 3 is 2.35 bits per heavy atom. The summed E-state index contributed by atoms with van der Waals surface area (Å²) in [4.78, 5) is 33.1. The molecule has 1 amide bonds. The van der Waals surface area contributed by atoms with E-state index >= 15 is 0 Å². The third kappa shape index (κ3) is 4.37. The van der Waals surface area contributed by atoms with E-state index in [0.717, 1.165) is 0 Å². The topological polar surface area (TPSA) is 113 Å². The molecule has 0 unspecified atom stereocenters. The van der Waals surface area contributed by atoms with E-state index in [0.29, 0.717) is 16.7 Å². The SMILES string of the molecule is NC(=O)c1ccc(COC(=O)Cc2ccccc2[N+](=O)[O-])cc1. The maximum Gasteiger partial charge on any atom is 0.310 e. The molecule has 0 fully saturated rings. The second-order valence-electron chi connectivity index (χ2n) is 4.78. The summed E-state index contributed by atoms with van der Waals surface area (Å²) in [5.74, 6) is -1.11. The zero-order valence-electron chi connectivity index (χ0n) is 12.1. The summed E-state index contributed by atoms with van der Waals surface area (Å²) in [5.41, 5.74) is 6.36. The Morgan fingerprint density at radius 1 is 1.09 bits per heavy atom. The number of carbonyl (C=O) groups is 2. The Morgan fingerprint density at radius 2 is 1.74 bits per heavy atom. The molecule has 7 heteroatoms. The van der Waals surface area contributed by atoms with E-state index in [1.807, 2.05) is 0 Å². The Bertz CT molecular complexity index is 740. The van der Waals surface area contributed by atoms with Crippen LogP contribution in [0.2, 0.25) is 0 Å². The van der Waals surface area contributed by atoms with E-state index in [1.165, 1.54) is 30.3 Å². The monoisotopic (exact) mass is 314 g/mol. The van der Waals surface area contributed by atoms with Crippen molar-refractivity contribution in [3.63, 3.8) is 0 Å². The molecular formula is C16H14N2O5. The van der Waals surface area contributed by atoms with Crippen molar-refractivity contribution in [3.8, 4) is 0 Å². The van der Waals surface area contributed by atoms with Crippen molar-refractivity contribution in [3.05, 3.63) is 75.3 Å². The number of benzene rings is 2. The molecule has 0 atom stereocenters. The maximum atomic E-state index is 11.8. The van der Waals surface area contributed by atoms with Crippen LogP contribution in [-0.2, 0) is 22.6 Å². The zero-order valence-corrected chi connectivity index (χ0v) is 12.1. The number of primary amides is 1. The van der Waals surface area contributed by atoms with Gasteiger partial charge in [0.2, 0.25) is 5.91 Å². The highest BCUT2D eigenvalue weighted by molar-refractivity contribution is 5.92. The summed E-state index contributed by atoms with van der Waals surface area (Å²) < 4.78 is 5.09. The molecule has 0 bridgehead atoms. The molecule has 0 heterocycles. The Hall–Kier alpha value is -3.22. The van der Waals surface area contributed by atoms with Gasteiger partial charge in [-0.25, -0.2) is 0 Å². The normalized spacial score (nSPS) is 10.1. The van der Waals surface area contributed by atoms with Gasteiger partial charge in [-0.2, -0.15) is 0 Å². The van der Waals surface area contributed by atoms with Crippen molar-refractivity contribution >= 4 is 17.6 Å². The number of nitro benzene ring substituents is 1. The molecule has 2 aromatic rings. The molecule has 0 aliphatic heterocycles. The second kappa shape index (κ2) is 7.17. The molecule has 0 aromatic heterocycles. The van der Waals surface area contributed by atoms with Gasteiger partial charge >= 0.3 is 5.97 Å². The molecule has 0 aliphatic rings. The van der Waals surface area contributed by atoms with E-state index < -0.39 is 16.8 Å². The minimum atomic E-state index is -0.571. The van der Waals surface area contributed by atoms with Gasteiger partial charge in [0, 0.05) is 17.2 Å². The summed E-state index contributed by atoms with van der Waals surface area (Å²) in [6.07, 6.45) is -0.184. The van der Waals surface area contributed by atoms with Gasteiger partial charge in [-0.15, -0.1) is 0 Å². The summed E-state index contributed by atoms with van der Waals surface area (Å²) in [6, 6.07) is 12.3. The number of nitro groups is 1. The fourth-order valence-electron chi connectivity index (χ4n) is 1.97. The summed E-state index contributed by atoms with van der Waals surface area (Å²) >= 11 is 0. The molecule has 23 heavy (non-hydrogen) atoms. The van der Waals surface area contributed by atoms with Crippen molar-refractivity contribution in [2.24, 2.45) is 5.73 Å². The number of hydrogen-bond donors (Lipinski definition) is 1. The van der Waals surface area contributed by atoms with Crippen LogP contribution in [0.4, 0.5) is 5.69 Å². The van der Waals surface area contributed by atoms with Crippen molar-refractivity contribution in [2.45, 2.75) is 13.0 Å². The first-order valence-corrected chi connectivity index (χ1v) is 6.74. The van der Waals surface area contributed by atoms with Crippen LogP contribution in [0, 0.1) is 10.1 Å². The Labute approximate surface area is 131 Å². The van der Waals surface area contributed by atoms with E-state index in [9.17, 15) is 19.7 Å². The van der Waals surface area contributed by atoms with Crippen molar-refractivity contribution in [1.82, 2.24) is 0 Å². The highest BCUT2D eigenvalue weighted by atomic mass is 16.6. The van der Waals surface area contributed by atoms with Gasteiger partial charge < -0.3 is 10.5 Å². The lowest BCUT2D eigenvalue weighted by Gasteiger charge is -2.06. The minimum Gasteiger partial charge on any atom is -0.461 e. The average molecular weight is 314 g/mol. The molecule has 2 N–H and O–H groups in total. The van der Waals surface area contributed by atoms with Crippen molar-refractivity contribution in [2.75, 3.05) is 0 Å². The van der Waals surface area contributed by atoms with Gasteiger partial charge in [-0.1, -0.05) is 30.3 Å². The molecule has 0 radical (unpaired) electrons. The molecule has 2 aromatic carbocycles. The molecular weight excluding hydrogens is 300 g/mol. The smallest absolute Gasteiger partial charge is 0.310 e. The number of rotatable bonds is 6. The molecule has 0 saturated heterocycles. The van der Waals surface area contributed by atoms with Crippen LogP contribution in [-0.4, -0.2) is 16.8 Å². The molecule has 0 saturated carbocycles. The van der Waals surface area contributed by atoms with E-state index in [2.05, 4.69) is 0 Å². The highest BCUT2D eigenvalue weighted by Gasteiger charge is 2.16. The van der Waals surface area contributed by atoms with Crippen LogP contribution in [0.25, 0.3) is 0 Å². The molecule has 2 rings (SSSR count). The van der Waals surface area contributed by atoms with Gasteiger partial charge in [-0.05, 0) is 17.7 Å². The quantitative estimate of drug-likeness (QED) is 0.497. The van der Waals surface area contributed by atoms with Gasteiger partial charge in [-0.3, -0.25) is 19.7 Å². The van der Waals surface area contributed by atoms with Crippen LogP contribution in [0.3, 0.4) is 0 Å². The summed E-state index contributed by atoms with van der Waals surface area (Å²) in [7, 11) is 0. The number of carbonyl (C=O) groups excluding carboxylic acids is 2. The number of ether oxygens (including phenoxy) is 1. The van der Waals surface area contributed by atoms with Crippen LogP contribution in [0.1, 0.15) is 21.5 Å². The lowest BCUT2D eigenvalue weighted by Crippen LogP contribution is -2.11. The number of amides is 1. The molecule has 7 nitrogen and oxygen atoms in total. The highest BCUT2D eigenvalue weighted by Crippen LogP contribution is 2.18. The minimum absolute atomic E-state index is 0.0124. The predicted molar refractivity (Wildman–Crippen MR) is 81.6 cm³/mol. The average Bonchev–Trinajstić information content (AvgIpc) is 2.53. The largest absolute Gasteiger partial charge is 0.461 e. The lowest BCUT2D eigenvalue weighted by molar-refractivity contribution is -0.385. The van der Waals surface area contributed by atoms with E-state index in [4.69, 9.17) is 10.5 Å². The van der Waals surface area contributed by atoms with Crippen molar-refractivity contribution in [1.29, 1.82) is 0 Å². The fourth-order valence-corrected chi connectivity index (χ4v) is 1.97. The first-order chi connectivity index (χ1) is 11.0. The third-order valence-electron chi connectivity index (χ3n) is 3.16. The zero-order chi connectivity index (χ0) is 16.8. The van der Waals surface area contributed by atoms with Gasteiger partial charge in [0.1, 0.15) is 6.61 Å². The standard InChI is InChI=1S/C16H14N2O5/c17-16(20)12-7-5-11(6-8-12)10-23-15(19)9-13-3-1-2-4-14(13)18(21)22/h1-8H,9-10H2,(H2,17,20). The number of nitrogens with zero attached hydrogens (tertiary/aromatic N) is 1. The second-order valence-corrected chi connectivity index (χ2v) is 4.78. The first-order valence-electron chi connectivity index (χ1n) is 6.74. The fraction of sp³-hybridized carbons (Fsp3) is 0.125. The molecule has 118 valence electrons. The van der Waals surface area contributed by atoms with Crippen molar-refractivity contribution < 1.29 is 19.2 Å². The molecule has 0 spiro atoms. The lowest BCUT2D eigenvalue weighted by atomic mass is 10.1.